The Kier molecular flexibility index (Phi) is 4.68. The molecule has 0 radical (unpaired) electrons. The van der Waals surface area contributed by atoms with Gasteiger partial charge >= 0.3 is 0 Å². The maximum atomic E-state index is 12.5. The van der Waals surface area contributed by atoms with E-state index in [1.165, 1.54) is 0 Å². The fourth-order valence-corrected chi connectivity index (χ4v) is 3.18. The van der Waals surface area contributed by atoms with E-state index in [0.29, 0.717) is 13.0 Å². The van der Waals surface area contributed by atoms with Crippen molar-refractivity contribution in [3.05, 3.63) is 0 Å². The lowest BCUT2D eigenvalue weighted by Gasteiger charge is -2.41. The standard InChI is InChI=1S/C15H26N2O3/c1-5-12-15(19)17(8-11-7-6-10(4)20-11)13(9(2)3)14(18)16-12/h9-13H,5-8H2,1-4H3,(H,16,18). The second kappa shape index (κ2) is 6.12. The third-order valence-electron chi connectivity index (χ3n) is 4.26. The van der Waals surface area contributed by atoms with E-state index in [1.54, 1.807) is 4.90 Å². The number of amides is 2. The molecule has 2 amide bonds. The molecule has 0 aliphatic carbocycles. The van der Waals surface area contributed by atoms with Gasteiger partial charge in [0.25, 0.3) is 0 Å². The second-order valence-corrected chi connectivity index (χ2v) is 6.29. The highest BCUT2D eigenvalue weighted by molar-refractivity contribution is 5.97. The first kappa shape index (κ1) is 15.3. The minimum absolute atomic E-state index is 0.0301. The highest BCUT2D eigenvalue weighted by Gasteiger charge is 2.42. The molecule has 0 spiro atoms. The van der Waals surface area contributed by atoms with E-state index in [4.69, 9.17) is 4.74 Å². The first-order valence-electron chi connectivity index (χ1n) is 7.70. The third-order valence-corrected chi connectivity index (χ3v) is 4.26. The lowest BCUT2D eigenvalue weighted by atomic mass is 9.95. The Labute approximate surface area is 121 Å². The van der Waals surface area contributed by atoms with E-state index in [-0.39, 0.29) is 42.0 Å². The Balaban J connectivity index is 2.14. The fourth-order valence-electron chi connectivity index (χ4n) is 3.18. The summed E-state index contributed by atoms with van der Waals surface area (Å²) in [5, 5.41) is 2.84. The van der Waals surface area contributed by atoms with E-state index < -0.39 is 0 Å². The van der Waals surface area contributed by atoms with Gasteiger partial charge in [-0.1, -0.05) is 20.8 Å². The SMILES string of the molecule is CCC1NC(=O)C(C(C)C)N(CC2CCC(C)O2)C1=O. The van der Waals surface area contributed by atoms with Crippen molar-refractivity contribution < 1.29 is 14.3 Å². The molecule has 2 fully saturated rings. The molecule has 114 valence electrons. The van der Waals surface area contributed by atoms with Gasteiger partial charge in [-0.25, -0.2) is 0 Å². The van der Waals surface area contributed by atoms with E-state index in [2.05, 4.69) is 12.2 Å². The van der Waals surface area contributed by atoms with Crippen molar-refractivity contribution in [3.63, 3.8) is 0 Å². The number of hydrogen-bond acceptors (Lipinski definition) is 3. The van der Waals surface area contributed by atoms with Crippen LogP contribution >= 0.6 is 0 Å². The molecule has 2 aliphatic heterocycles. The molecule has 5 heteroatoms. The van der Waals surface area contributed by atoms with Gasteiger partial charge in [0, 0.05) is 6.54 Å². The number of rotatable bonds is 4. The number of nitrogens with zero attached hydrogens (tertiary/aromatic N) is 1. The predicted molar refractivity (Wildman–Crippen MR) is 76.1 cm³/mol. The van der Waals surface area contributed by atoms with Crippen LogP contribution in [0.3, 0.4) is 0 Å². The Morgan fingerprint density at radius 1 is 1.35 bits per heavy atom. The zero-order valence-electron chi connectivity index (χ0n) is 12.9. The van der Waals surface area contributed by atoms with Gasteiger partial charge in [-0.05, 0) is 32.1 Å². The van der Waals surface area contributed by atoms with Crippen molar-refractivity contribution in [1.29, 1.82) is 0 Å². The van der Waals surface area contributed by atoms with E-state index >= 15 is 0 Å². The molecular weight excluding hydrogens is 256 g/mol. The Hall–Kier alpha value is -1.10. The van der Waals surface area contributed by atoms with Crippen molar-refractivity contribution in [1.82, 2.24) is 10.2 Å². The van der Waals surface area contributed by atoms with Crippen LogP contribution in [-0.4, -0.2) is 47.6 Å². The number of carbonyl (C=O) groups is 2. The highest BCUT2D eigenvalue weighted by atomic mass is 16.5. The van der Waals surface area contributed by atoms with Crippen LogP contribution in [0.2, 0.25) is 0 Å². The summed E-state index contributed by atoms with van der Waals surface area (Å²) < 4.78 is 5.82. The summed E-state index contributed by atoms with van der Waals surface area (Å²) in [4.78, 5) is 26.5. The lowest BCUT2D eigenvalue weighted by molar-refractivity contribution is -0.153. The highest BCUT2D eigenvalue weighted by Crippen LogP contribution is 2.24. The molecular formula is C15H26N2O3. The topological polar surface area (TPSA) is 58.6 Å². The van der Waals surface area contributed by atoms with Crippen LogP contribution in [-0.2, 0) is 14.3 Å². The summed E-state index contributed by atoms with van der Waals surface area (Å²) in [6.07, 6.45) is 2.96. The molecule has 1 N–H and O–H groups in total. The molecule has 2 rings (SSSR count). The van der Waals surface area contributed by atoms with Crippen LogP contribution in [0, 0.1) is 5.92 Å². The van der Waals surface area contributed by atoms with Gasteiger partial charge in [0.05, 0.1) is 12.2 Å². The first-order valence-corrected chi connectivity index (χ1v) is 7.70. The van der Waals surface area contributed by atoms with Gasteiger partial charge in [-0.3, -0.25) is 9.59 Å². The van der Waals surface area contributed by atoms with Gasteiger partial charge in [0.2, 0.25) is 11.8 Å². The average molecular weight is 282 g/mol. The summed E-state index contributed by atoms with van der Waals surface area (Å²) in [5.74, 6) is 0.113. The largest absolute Gasteiger partial charge is 0.373 e. The molecule has 0 aromatic carbocycles. The third kappa shape index (κ3) is 2.97. The molecule has 0 aromatic heterocycles. The van der Waals surface area contributed by atoms with Gasteiger partial charge in [0.15, 0.2) is 0 Å². The van der Waals surface area contributed by atoms with Gasteiger partial charge < -0.3 is 15.0 Å². The summed E-state index contributed by atoms with van der Waals surface area (Å²) >= 11 is 0. The van der Waals surface area contributed by atoms with Crippen molar-refractivity contribution in [3.8, 4) is 0 Å². The van der Waals surface area contributed by atoms with Gasteiger partial charge in [-0.15, -0.1) is 0 Å². The fraction of sp³-hybridized carbons (Fsp3) is 0.867. The minimum Gasteiger partial charge on any atom is -0.373 e. The average Bonchev–Trinajstić information content (AvgIpc) is 2.78. The monoisotopic (exact) mass is 282 g/mol. The quantitative estimate of drug-likeness (QED) is 0.846. The maximum Gasteiger partial charge on any atom is 0.245 e. The van der Waals surface area contributed by atoms with Crippen molar-refractivity contribution >= 4 is 11.8 Å². The van der Waals surface area contributed by atoms with Crippen molar-refractivity contribution in [2.45, 2.75) is 71.2 Å². The van der Waals surface area contributed by atoms with Crippen LogP contribution in [0.15, 0.2) is 0 Å². The number of piperazine rings is 1. The molecule has 0 saturated carbocycles. The summed E-state index contributed by atoms with van der Waals surface area (Å²) in [5.41, 5.74) is 0. The Morgan fingerprint density at radius 3 is 2.55 bits per heavy atom. The van der Waals surface area contributed by atoms with E-state index in [9.17, 15) is 9.59 Å². The number of nitrogens with one attached hydrogen (secondary N) is 1. The number of hydrogen-bond donors (Lipinski definition) is 1. The summed E-state index contributed by atoms with van der Waals surface area (Å²) in [6, 6.07) is -0.749. The molecule has 4 unspecified atom stereocenters. The Bertz CT molecular complexity index is 383. The van der Waals surface area contributed by atoms with E-state index in [1.807, 2.05) is 20.8 Å². The second-order valence-electron chi connectivity index (χ2n) is 6.29. The van der Waals surface area contributed by atoms with Crippen molar-refractivity contribution in [2.75, 3.05) is 6.54 Å². The van der Waals surface area contributed by atoms with Gasteiger partial charge in [0.1, 0.15) is 12.1 Å². The summed E-state index contributed by atoms with van der Waals surface area (Å²) in [6.45, 7) is 8.48. The molecule has 0 aromatic rings. The molecule has 2 saturated heterocycles. The van der Waals surface area contributed by atoms with Crippen LogP contribution < -0.4 is 5.32 Å². The maximum absolute atomic E-state index is 12.5. The number of ether oxygens (including phenoxy) is 1. The van der Waals surface area contributed by atoms with Crippen LogP contribution in [0.25, 0.3) is 0 Å². The molecule has 5 nitrogen and oxygen atoms in total. The smallest absolute Gasteiger partial charge is 0.245 e. The zero-order valence-corrected chi connectivity index (χ0v) is 12.9. The van der Waals surface area contributed by atoms with Crippen LogP contribution in [0.1, 0.15) is 47.0 Å². The molecule has 4 atom stereocenters. The number of carbonyl (C=O) groups excluding carboxylic acids is 2. The molecule has 20 heavy (non-hydrogen) atoms. The minimum atomic E-state index is -0.378. The lowest BCUT2D eigenvalue weighted by Crippen LogP contribution is -2.65. The zero-order chi connectivity index (χ0) is 14.9. The summed E-state index contributed by atoms with van der Waals surface area (Å²) in [7, 11) is 0. The van der Waals surface area contributed by atoms with Crippen LogP contribution in [0.4, 0.5) is 0 Å². The van der Waals surface area contributed by atoms with E-state index in [0.717, 1.165) is 12.8 Å². The molecule has 0 bridgehead atoms. The van der Waals surface area contributed by atoms with Crippen molar-refractivity contribution in [2.24, 2.45) is 5.92 Å². The molecule has 2 aliphatic rings. The van der Waals surface area contributed by atoms with Gasteiger partial charge in [-0.2, -0.15) is 0 Å². The normalized spacial score (nSPS) is 34.8. The predicted octanol–water partition coefficient (Wildman–Crippen LogP) is 1.32. The molecule has 2 heterocycles. The van der Waals surface area contributed by atoms with Crippen LogP contribution in [0.5, 0.6) is 0 Å². The Morgan fingerprint density at radius 2 is 2.05 bits per heavy atom. The first-order chi connectivity index (χ1) is 9.43.